The normalized spacial score (nSPS) is 16.5. The minimum Gasteiger partial charge on any atom is -0.325 e. The average molecular weight is 229 g/mol. The first-order valence-corrected chi connectivity index (χ1v) is 5.91. The van der Waals surface area contributed by atoms with Gasteiger partial charge in [0.2, 0.25) is 0 Å². The highest BCUT2D eigenvalue weighted by atomic mass is 19.1. The lowest BCUT2D eigenvalue weighted by Crippen LogP contribution is -2.28. The number of hydrogen-bond acceptors (Lipinski definition) is 2. The van der Waals surface area contributed by atoms with Crippen LogP contribution in [0.4, 0.5) is 4.39 Å². The monoisotopic (exact) mass is 229 g/mol. The SMILES string of the molecule is Fc1ccc2c(c1)-c1c(nc3n1CCNC3)C2. The van der Waals surface area contributed by atoms with Crippen molar-refractivity contribution in [1.29, 1.82) is 0 Å². The standard InChI is InChI=1S/C13H12FN3/c14-9-2-1-8-5-11-13(10(8)6-9)17-4-3-15-7-12(17)16-11/h1-2,6,15H,3-5,7H2. The maximum atomic E-state index is 13.4. The molecule has 1 aliphatic heterocycles. The Hall–Kier alpha value is -1.68. The Morgan fingerprint density at radius 1 is 1.35 bits per heavy atom. The fraction of sp³-hybridized carbons (Fsp3) is 0.308. The minimum atomic E-state index is -0.166. The van der Waals surface area contributed by atoms with Gasteiger partial charge in [-0.1, -0.05) is 6.07 Å². The maximum Gasteiger partial charge on any atom is 0.123 e. The Balaban J connectivity index is 1.98. The smallest absolute Gasteiger partial charge is 0.123 e. The van der Waals surface area contributed by atoms with Crippen molar-refractivity contribution < 1.29 is 4.39 Å². The molecule has 0 atom stereocenters. The van der Waals surface area contributed by atoms with Crippen molar-refractivity contribution in [1.82, 2.24) is 14.9 Å². The molecule has 0 saturated carbocycles. The van der Waals surface area contributed by atoms with E-state index in [2.05, 4.69) is 14.9 Å². The first-order valence-electron chi connectivity index (χ1n) is 5.91. The summed E-state index contributed by atoms with van der Waals surface area (Å²) in [6, 6.07) is 5.04. The topological polar surface area (TPSA) is 29.9 Å². The second-order valence-corrected chi connectivity index (χ2v) is 4.63. The molecule has 17 heavy (non-hydrogen) atoms. The summed E-state index contributed by atoms with van der Waals surface area (Å²) in [5, 5.41) is 3.31. The second-order valence-electron chi connectivity index (χ2n) is 4.63. The highest BCUT2D eigenvalue weighted by Gasteiger charge is 2.27. The number of rotatable bonds is 0. The van der Waals surface area contributed by atoms with Crippen LogP contribution in [0.5, 0.6) is 0 Å². The molecule has 0 saturated heterocycles. The zero-order valence-corrected chi connectivity index (χ0v) is 9.33. The van der Waals surface area contributed by atoms with E-state index in [0.717, 1.165) is 48.8 Å². The largest absolute Gasteiger partial charge is 0.325 e. The van der Waals surface area contributed by atoms with Crippen LogP contribution >= 0.6 is 0 Å². The molecule has 4 heteroatoms. The molecule has 1 aliphatic carbocycles. The molecule has 2 aromatic rings. The molecule has 86 valence electrons. The molecule has 3 nitrogen and oxygen atoms in total. The summed E-state index contributed by atoms with van der Waals surface area (Å²) in [4.78, 5) is 4.65. The number of halogens is 1. The number of fused-ring (bicyclic) bond motifs is 5. The quantitative estimate of drug-likeness (QED) is 0.636. The molecule has 1 N–H and O–H groups in total. The van der Waals surface area contributed by atoms with Gasteiger partial charge in [-0.15, -0.1) is 0 Å². The van der Waals surface area contributed by atoms with Crippen LogP contribution in [-0.2, 0) is 19.5 Å². The van der Waals surface area contributed by atoms with E-state index >= 15 is 0 Å². The van der Waals surface area contributed by atoms with Crippen LogP contribution in [0.25, 0.3) is 11.3 Å². The van der Waals surface area contributed by atoms with Crippen molar-refractivity contribution >= 4 is 0 Å². The van der Waals surface area contributed by atoms with Crippen molar-refractivity contribution in [3.63, 3.8) is 0 Å². The molecule has 0 radical (unpaired) electrons. The molecule has 1 aromatic carbocycles. The van der Waals surface area contributed by atoms with Crippen LogP contribution in [-0.4, -0.2) is 16.1 Å². The molecule has 1 aromatic heterocycles. The molecular weight excluding hydrogens is 217 g/mol. The molecule has 4 rings (SSSR count). The predicted molar refractivity (Wildman–Crippen MR) is 62.1 cm³/mol. The van der Waals surface area contributed by atoms with Crippen molar-refractivity contribution in [3.8, 4) is 11.3 Å². The van der Waals surface area contributed by atoms with Gasteiger partial charge in [0.15, 0.2) is 0 Å². The number of nitrogens with one attached hydrogen (secondary N) is 1. The number of aromatic nitrogens is 2. The molecule has 2 aliphatic rings. The summed E-state index contributed by atoms with van der Waals surface area (Å²) < 4.78 is 15.6. The Morgan fingerprint density at radius 3 is 3.24 bits per heavy atom. The highest BCUT2D eigenvalue weighted by Crippen LogP contribution is 2.37. The Bertz CT molecular complexity index is 615. The van der Waals surface area contributed by atoms with Crippen molar-refractivity contribution in [3.05, 3.63) is 41.1 Å². The second kappa shape index (κ2) is 3.17. The van der Waals surface area contributed by atoms with Gasteiger partial charge in [-0.25, -0.2) is 9.37 Å². The molecular formula is C13H12FN3. The summed E-state index contributed by atoms with van der Waals surface area (Å²) in [5.41, 5.74) is 4.46. The van der Waals surface area contributed by atoms with Gasteiger partial charge in [0, 0.05) is 25.1 Å². The lowest BCUT2D eigenvalue weighted by Gasteiger charge is -2.17. The number of hydrogen-bond donors (Lipinski definition) is 1. The summed E-state index contributed by atoms with van der Waals surface area (Å²) in [6.45, 7) is 2.70. The molecule has 0 spiro atoms. The van der Waals surface area contributed by atoms with Gasteiger partial charge >= 0.3 is 0 Å². The van der Waals surface area contributed by atoms with E-state index in [1.54, 1.807) is 6.07 Å². The van der Waals surface area contributed by atoms with E-state index in [1.807, 2.05) is 6.07 Å². The third-order valence-corrected chi connectivity index (χ3v) is 3.60. The van der Waals surface area contributed by atoms with E-state index < -0.39 is 0 Å². The number of nitrogens with zero attached hydrogens (tertiary/aromatic N) is 2. The minimum absolute atomic E-state index is 0.166. The van der Waals surface area contributed by atoms with Crippen molar-refractivity contribution in [2.75, 3.05) is 6.54 Å². The zero-order chi connectivity index (χ0) is 11.4. The molecule has 0 amide bonds. The summed E-state index contributed by atoms with van der Waals surface area (Å²) in [5.74, 6) is 0.914. The number of imidazole rings is 1. The molecule has 0 fully saturated rings. The van der Waals surface area contributed by atoms with Crippen LogP contribution in [0, 0.1) is 5.82 Å². The van der Waals surface area contributed by atoms with E-state index in [0.29, 0.717) is 0 Å². The van der Waals surface area contributed by atoms with Gasteiger partial charge in [0.05, 0.1) is 17.9 Å². The van der Waals surface area contributed by atoms with Crippen LogP contribution < -0.4 is 5.32 Å². The summed E-state index contributed by atoms with van der Waals surface area (Å²) in [6.07, 6.45) is 0.838. The van der Waals surface area contributed by atoms with Gasteiger partial charge in [0.1, 0.15) is 11.6 Å². The summed E-state index contributed by atoms with van der Waals surface area (Å²) in [7, 11) is 0. The third kappa shape index (κ3) is 1.21. The van der Waals surface area contributed by atoms with Crippen LogP contribution in [0.1, 0.15) is 17.1 Å². The van der Waals surface area contributed by atoms with Gasteiger partial charge in [-0.05, 0) is 17.7 Å². The molecule has 2 heterocycles. The van der Waals surface area contributed by atoms with E-state index in [4.69, 9.17) is 0 Å². The number of benzene rings is 1. The summed E-state index contributed by atoms with van der Waals surface area (Å²) >= 11 is 0. The van der Waals surface area contributed by atoms with Crippen LogP contribution in [0.3, 0.4) is 0 Å². The molecule has 0 bridgehead atoms. The van der Waals surface area contributed by atoms with Gasteiger partial charge in [-0.3, -0.25) is 0 Å². The van der Waals surface area contributed by atoms with E-state index in [-0.39, 0.29) is 5.82 Å². The van der Waals surface area contributed by atoms with Crippen LogP contribution in [0.15, 0.2) is 18.2 Å². The van der Waals surface area contributed by atoms with Crippen molar-refractivity contribution in [2.24, 2.45) is 0 Å². The third-order valence-electron chi connectivity index (χ3n) is 3.60. The van der Waals surface area contributed by atoms with E-state index in [9.17, 15) is 4.39 Å². The fourth-order valence-electron chi connectivity index (χ4n) is 2.85. The van der Waals surface area contributed by atoms with Gasteiger partial charge in [-0.2, -0.15) is 0 Å². The lowest BCUT2D eigenvalue weighted by atomic mass is 10.1. The molecule has 0 unspecified atom stereocenters. The Labute approximate surface area is 98.3 Å². The predicted octanol–water partition coefficient (Wildman–Crippen LogP) is 1.70. The van der Waals surface area contributed by atoms with Crippen LogP contribution in [0.2, 0.25) is 0 Å². The Morgan fingerprint density at radius 2 is 2.29 bits per heavy atom. The zero-order valence-electron chi connectivity index (χ0n) is 9.33. The van der Waals surface area contributed by atoms with E-state index in [1.165, 1.54) is 11.6 Å². The van der Waals surface area contributed by atoms with Gasteiger partial charge in [0.25, 0.3) is 0 Å². The van der Waals surface area contributed by atoms with Gasteiger partial charge < -0.3 is 9.88 Å². The Kier molecular flexibility index (Phi) is 1.74. The maximum absolute atomic E-state index is 13.4. The first-order chi connectivity index (χ1) is 8.33. The lowest BCUT2D eigenvalue weighted by molar-refractivity contribution is 0.508. The highest BCUT2D eigenvalue weighted by molar-refractivity contribution is 5.73. The average Bonchev–Trinajstić information content (AvgIpc) is 2.84. The van der Waals surface area contributed by atoms with Crippen molar-refractivity contribution in [2.45, 2.75) is 19.5 Å². The first kappa shape index (κ1) is 9.36. The fourth-order valence-corrected chi connectivity index (χ4v) is 2.85.